The van der Waals surface area contributed by atoms with Crippen LogP contribution in [0.5, 0.6) is 11.5 Å². The Labute approximate surface area is 226 Å². The number of amidine groups is 1. The molecule has 2 amide bonds. The number of halogens is 2. The van der Waals surface area contributed by atoms with Gasteiger partial charge in [-0.15, -0.1) is 0 Å². The number of carbonyl (C=O) groups excluding carboxylic acids is 2. The highest BCUT2D eigenvalue weighted by atomic mass is 79.9. The fourth-order valence-corrected chi connectivity index (χ4v) is 4.68. The maximum Gasteiger partial charge on any atom is 0.264 e. The number of nitrogens with one attached hydrogen (secondary N) is 2. The fraction of sp³-hybridized carbons (Fsp3) is 0.115. The van der Waals surface area contributed by atoms with Gasteiger partial charge < -0.3 is 20.1 Å². The third-order valence-electron chi connectivity index (χ3n) is 5.10. The van der Waals surface area contributed by atoms with E-state index in [-0.39, 0.29) is 18.4 Å². The van der Waals surface area contributed by atoms with E-state index < -0.39 is 0 Å². The number of benzene rings is 3. The standard InChI is InChI=1S/C26H21BrClN3O4S/c1-15-19(28)9-6-10-20(15)30-26-31-25(33)23(36-26)12-16-11-21(34-2)22(13-18(16)27)35-14-24(32)29-17-7-4-3-5-8-17/h3-13H,14H2,1-2H3,(H,29,32)(H,30,31,33)/b23-12+. The van der Waals surface area contributed by atoms with Crippen LogP contribution in [-0.2, 0) is 9.59 Å². The van der Waals surface area contributed by atoms with E-state index in [4.69, 9.17) is 21.1 Å². The van der Waals surface area contributed by atoms with Gasteiger partial charge in [-0.1, -0.05) is 51.8 Å². The zero-order chi connectivity index (χ0) is 25.7. The van der Waals surface area contributed by atoms with Crippen molar-refractivity contribution in [2.24, 2.45) is 4.99 Å². The van der Waals surface area contributed by atoms with Crippen LogP contribution in [0.2, 0.25) is 5.02 Å². The normalized spacial score (nSPS) is 15.2. The molecule has 184 valence electrons. The zero-order valence-corrected chi connectivity index (χ0v) is 22.5. The molecular formula is C26H21BrClN3O4S. The lowest BCUT2D eigenvalue weighted by Gasteiger charge is -2.13. The monoisotopic (exact) mass is 585 g/mol. The largest absolute Gasteiger partial charge is 0.493 e. The molecule has 0 saturated carbocycles. The number of aliphatic imine (C=N–C) groups is 1. The topological polar surface area (TPSA) is 89.0 Å². The molecule has 7 nitrogen and oxygen atoms in total. The second kappa shape index (κ2) is 11.6. The molecule has 0 unspecified atom stereocenters. The van der Waals surface area contributed by atoms with Crippen LogP contribution in [0, 0.1) is 6.92 Å². The summed E-state index contributed by atoms with van der Waals surface area (Å²) in [5, 5.41) is 6.61. The minimum Gasteiger partial charge on any atom is -0.493 e. The molecule has 0 atom stereocenters. The van der Waals surface area contributed by atoms with Crippen molar-refractivity contribution in [1.82, 2.24) is 5.32 Å². The SMILES string of the molecule is COc1cc(/C=C2/SC(=Nc3cccc(Cl)c3C)NC2=O)c(Br)cc1OCC(=O)Nc1ccccc1. The zero-order valence-electron chi connectivity index (χ0n) is 19.3. The second-order valence-electron chi connectivity index (χ2n) is 7.59. The summed E-state index contributed by atoms with van der Waals surface area (Å²) in [5.41, 5.74) is 2.90. The minimum absolute atomic E-state index is 0.195. The van der Waals surface area contributed by atoms with Gasteiger partial charge >= 0.3 is 0 Å². The maximum absolute atomic E-state index is 12.6. The average molecular weight is 587 g/mol. The van der Waals surface area contributed by atoms with Gasteiger partial charge in [0.2, 0.25) is 0 Å². The first kappa shape index (κ1) is 25.8. The molecule has 4 rings (SSSR count). The van der Waals surface area contributed by atoms with Gasteiger partial charge in [-0.3, -0.25) is 9.59 Å². The lowest BCUT2D eigenvalue weighted by atomic mass is 10.2. The van der Waals surface area contributed by atoms with Crippen molar-refractivity contribution in [3.8, 4) is 11.5 Å². The summed E-state index contributed by atoms with van der Waals surface area (Å²) in [6, 6.07) is 18.0. The van der Waals surface area contributed by atoms with Crippen LogP contribution in [0.4, 0.5) is 11.4 Å². The highest BCUT2D eigenvalue weighted by molar-refractivity contribution is 9.10. The Kier molecular flexibility index (Phi) is 8.35. The van der Waals surface area contributed by atoms with Crippen LogP contribution >= 0.6 is 39.3 Å². The quantitative estimate of drug-likeness (QED) is 0.316. The van der Waals surface area contributed by atoms with E-state index in [2.05, 4.69) is 31.6 Å². The van der Waals surface area contributed by atoms with Crippen LogP contribution in [0.15, 0.2) is 75.0 Å². The van der Waals surface area contributed by atoms with Crippen molar-refractivity contribution < 1.29 is 19.1 Å². The average Bonchev–Trinajstić information content (AvgIpc) is 3.21. The fourth-order valence-electron chi connectivity index (χ4n) is 3.24. The third-order valence-corrected chi connectivity index (χ3v) is 7.10. The predicted molar refractivity (Wildman–Crippen MR) is 148 cm³/mol. The first-order chi connectivity index (χ1) is 17.3. The molecule has 0 aliphatic carbocycles. The van der Waals surface area contributed by atoms with E-state index in [1.165, 1.54) is 18.9 Å². The minimum atomic E-state index is -0.300. The molecule has 1 aliphatic rings. The molecule has 10 heteroatoms. The van der Waals surface area contributed by atoms with E-state index in [1.807, 2.05) is 37.3 Å². The van der Waals surface area contributed by atoms with Gasteiger partial charge in [0.05, 0.1) is 17.7 Å². The maximum atomic E-state index is 12.6. The number of hydrogen-bond donors (Lipinski definition) is 2. The smallest absolute Gasteiger partial charge is 0.264 e. The van der Waals surface area contributed by atoms with E-state index in [0.717, 1.165) is 5.56 Å². The van der Waals surface area contributed by atoms with Gasteiger partial charge in [-0.25, -0.2) is 4.99 Å². The molecule has 1 heterocycles. The van der Waals surface area contributed by atoms with Gasteiger partial charge in [-0.2, -0.15) is 0 Å². The molecule has 36 heavy (non-hydrogen) atoms. The molecule has 3 aromatic carbocycles. The van der Waals surface area contributed by atoms with Crippen LogP contribution < -0.4 is 20.1 Å². The predicted octanol–water partition coefficient (Wildman–Crippen LogP) is 6.33. The Bertz CT molecular complexity index is 1380. The number of ether oxygens (including phenoxy) is 2. The summed E-state index contributed by atoms with van der Waals surface area (Å²) < 4.78 is 11.8. The first-order valence-corrected chi connectivity index (χ1v) is 12.7. The van der Waals surface area contributed by atoms with E-state index in [9.17, 15) is 9.59 Å². The van der Waals surface area contributed by atoms with E-state index in [1.54, 1.807) is 36.4 Å². The summed E-state index contributed by atoms with van der Waals surface area (Å²) in [6.07, 6.45) is 1.73. The van der Waals surface area contributed by atoms with E-state index >= 15 is 0 Å². The van der Waals surface area contributed by atoms with Crippen molar-refractivity contribution in [3.63, 3.8) is 0 Å². The third kappa shape index (κ3) is 6.29. The number of amides is 2. The Hall–Kier alpha value is -3.27. The van der Waals surface area contributed by atoms with Gasteiger partial charge in [0.25, 0.3) is 11.8 Å². The van der Waals surface area contributed by atoms with Crippen molar-refractivity contribution in [3.05, 3.63) is 86.2 Å². The molecular weight excluding hydrogens is 566 g/mol. The highest BCUT2D eigenvalue weighted by Gasteiger charge is 2.25. The molecule has 0 bridgehead atoms. The number of methoxy groups -OCH3 is 1. The van der Waals surface area contributed by atoms with Crippen molar-refractivity contribution in [1.29, 1.82) is 0 Å². The summed E-state index contributed by atoms with van der Waals surface area (Å²) in [5.74, 6) is 0.245. The molecule has 0 spiro atoms. The van der Waals surface area contributed by atoms with Gasteiger partial charge in [0, 0.05) is 15.2 Å². The van der Waals surface area contributed by atoms with Crippen molar-refractivity contribution >= 4 is 73.7 Å². The molecule has 0 radical (unpaired) electrons. The number of hydrogen-bond acceptors (Lipinski definition) is 6. The lowest BCUT2D eigenvalue weighted by Crippen LogP contribution is -2.20. The molecule has 0 aromatic heterocycles. The summed E-state index contributed by atoms with van der Waals surface area (Å²) in [4.78, 5) is 29.8. The molecule has 2 N–H and O–H groups in total. The number of para-hydroxylation sites is 1. The number of nitrogens with zero attached hydrogens (tertiary/aromatic N) is 1. The van der Waals surface area contributed by atoms with Gasteiger partial charge in [0.15, 0.2) is 23.3 Å². The van der Waals surface area contributed by atoms with Gasteiger partial charge in [-0.05, 0) is 72.3 Å². The Morgan fingerprint density at radius 2 is 1.94 bits per heavy atom. The lowest BCUT2D eigenvalue weighted by molar-refractivity contribution is -0.118. The molecule has 1 fully saturated rings. The van der Waals surface area contributed by atoms with E-state index in [0.29, 0.717) is 48.0 Å². The highest BCUT2D eigenvalue weighted by Crippen LogP contribution is 2.37. The van der Waals surface area contributed by atoms with Crippen LogP contribution in [-0.4, -0.2) is 30.7 Å². The molecule has 1 saturated heterocycles. The molecule has 1 aliphatic heterocycles. The van der Waals surface area contributed by atoms with Crippen molar-refractivity contribution in [2.75, 3.05) is 19.0 Å². The number of carbonyl (C=O) groups is 2. The van der Waals surface area contributed by atoms with Crippen LogP contribution in [0.1, 0.15) is 11.1 Å². The summed E-state index contributed by atoms with van der Waals surface area (Å²) >= 11 is 10.9. The number of anilines is 1. The first-order valence-electron chi connectivity index (χ1n) is 10.7. The molecule has 3 aromatic rings. The second-order valence-corrected chi connectivity index (χ2v) is 9.89. The Morgan fingerprint density at radius 3 is 2.69 bits per heavy atom. The van der Waals surface area contributed by atoms with Gasteiger partial charge in [0.1, 0.15) is 0 Å². The summed E-state index contributed by atoms with van der Waals surface area (Å²) in [6.45, 7) is 1.68. The number of thioether (sulfide) groups is 1. The Morgan fingerprint density at radius 1 is 1.17 bits per heavy atom. The summed E-state index contributed by atoms with van der Waals surface area (Å²) in [7, 11) is 1.51. The van der Waals surface area contributed by atoms with Crippen LogP contribution in [0.25, 0.3) is 6.08 Å². The Balaban J connectivity index is 1.49. The number of rotatable bonds is 7. The van der Waals surface area contributed by atoms with Crippen molar-refractivity contribution in [2.45, 2.75) is 6.92 Å². The van der Waals surface area contributed by atoms with Crippen LogP contribution in [0.3, 0.4) is 0 Å².